The lowest BCUT2D eigenvalue weighted by molar-refractivity contribution is 0.203. The quantitative estimate of drug-likeness (QED) is 0.193. The highest BCUT2D eigenvalue weighted by atomic mass is 16.5. The molecule has 0 fully saturated rings. The van der Waals surface area contributed by atoms with Crippen LogP contribution >= 0.6 is 0 Å². The maximum absolute atomic E-state index is 5.27. The lowest BCUT2D eigenvalue weighted by Gasteiger charge is -2.07. The standard InChI is InChI=1S/C8H16N6O2/c1-6-12-7(16-14-6)5-11-8(13-9)10-3-4-15-2/h3-5,9H2,1-2H3,(H2,10,11,13). The summed E-state index contributed by atoms with van der Waals surface area (Å²) in [6.07, 6.45) is 0. The maximum Gasteiger partial charge on any atom is 0.248 e. The van der Waals surface area contributed by atoms with Crippen molar-refractivity contribution in [1.29, 1.82) is 0 Å². The minimum atomic E-state index is 0.278. The van der Waals surface area contributed by atoms with Crippen molar-refractivity contribution >= 4 is 5.96 Å². The molecular formula is C8H16N6O2. The van der Waals surface area contributed by atoms with E-state index in [1.54, 1.807) is 14.0 Å². The fourth-order valence-corrected chi connectivity index (χ4v) is 0.975. The van der Waals surface area contributed by atoms with E-state index in [9.17, 15) is 0 Å². The van der Waals surface area contributed by atoms with Crippen molar-refractivity contribution in [3.63, 3.8) is 0 Å². The van der Waals surface area contributed by atoms with Crippen LogP contribution in [0.15, 0.2) is 9.52 Å². The molecule has 0 aliphatic rings. The second-order valence-corrected chi connectivity index (χ2v) is 2.96. The van der Waals surface area contributed by atoms with E-state index in [1.807, 2.05) is 0 Å². The van der Waals surface area contributed by atoms with E-state index >= 15 is 0 Å². The number of guanidine groups is 1. The summed E-state index contributed by atoms with van der Waals surface area (Å²) in [5.74, 6) is 6.75. The molecule has 0 amide bonds. The third-order valence-corrected chi connectivity index (χ3v) is 1.68. The molecular weight excluding hydrogens is 212 g/mol. The SMILES string of the molecule is COCCNC(=NCc1nc(C)no1)NN. The van der Waals surface area contributed by atoms with Gasteiger partial charge in [-0.05, 0) is 6.92 Å². The molecule has 1 rings (SSSR count). The van der Waals surface area contributed by atoms with Gasteiger partial charge in [0.1, 0.15) is 6.54 Å². The topological polar surface area (TPSA) is 111 Å². The zero-order valence-corrected chi connectivity index (χ0v) is 9.36. The van der Waals surface area contributed by atoms with E-state index in [-0.39, 0.29) is 6.54 Å². The monoisotopic (exact) mass is 228 g/mol. The number of ether oxygens (including phenoxy) is 1. The summed E-state index contributed by atoms with van der Waals surface area (Å²) in [6.45, 7) is 3.21. The lowest BCUT2D eigenvalue weighted by atomic mass is 10.6. The Kier molecular flexibility index (Phi) is 5.23. The van der Waals surface area contributed by atoms with Gasteiger partial charge in [0.15, 0.2) is 5.82 Å². The first-order valence-corrected chi connectivity index (χ1v) is 4.79. The van der Waals surface area contributed by atoms with Gasteiger partial charge in [-0.15, -0.1) is 0 Å². The summed E-state index contributed by atoms with van der Waals surface area (Å²) in [5.41, 5.74) is 2.43. The molecule has 1 aromatic rings. The number of hydrazine groups is 1. The van der Waals surface area contributed by atoms with Gasteiger partial charge in [-0.1, -0.05) is 5.16 Å². The van der Waals surface area contributed by atoms with Crippen molar-refractivity contribution in [1.82, 2.24) is 20.9 Å². The lowest BCUT2D eigenvalue weighted by Crippen LogP contribution is -2.42. The fourth-order valence-electron chi connectivity index (χ4n) is 0.975. The molecule has 0 aromatic carbocycles. The molecule has 0 saturated carbocycles. The molecule has 90 valence electrons. The Hall–Kier alpha value is -1.67. The van der Waals surface area contributed by atoms with Crippen molar-refractivity contribution in [2.24, 2.45) is 10.8 Å². The summed E-state index contributed by atoms with van der Waals surface area (Å²) in [5, 5.41) is 6.59. The molecule has 1 heterocycles. The Bertz CT molecular complexity index is 337. The molecule has 0 radical (unpaired) electrons. The molecule has 0 bridgehead atoms. The number of nitrogens with two attached hydrogens (primary N) is 1. The summed E-state index contributed by atoms with van der Waals surface area (Å²) in [6, 6.07) is 0. The van der Waals surface area contributed by atoms with Gasteiger partial charge in [-0.3, -0.25) is 5.43 Å². The second-order valence-electron chi connectivity index (χ2n) is 2.96. The Morgan fingerprint density at radius 2 is 2.44 bits per heavy atom. The summed E-state index contributed by atoms with van der Waals surface area (Å²) < 4.78 is 9.77. The van der Waals surface area contributed by atoms with Crippen LogP contribution in [0, 0.1) is 6.92 Å². The van der Waals surface area contributed by atoms with E-state index in [0.29, 0.717) is 30.8 Å². The maximum atomic E-state index is 5.27. The molecule has 0 spiro atoms. The number of aliphatic imine (C=N–C) groups is 1. The van der Waals surface area contributed by atoms with Gasteiger partial charge >= 0.3 is 0 Å². The number of nitrogens with zero attached hydrogens (tertiary/aromatic N) is 3. The molecule has 0 atom stereocenters. The molecule has 0 saturated heterocycles. The van der Waals surface area contributed by atoms with Crippen LogP contribution in [0.5, 0.6) is 0 Å². The predicted octanol–water partition coefficient (Wildman–Crippen LogP) is -1.07. The first-order valence-electron chi connectivity index (χ1n) is 4.79. The van der Waals surface area contributed by atoms with Gasteiger partial charge in [0.05, 0.1) is 6.61 Å². The van der Waals surface area contributed by atoms with E-state index in [4.69, 9.17) is 15.1 Å². The number of nitrogens with one attached hydrogen (secondary N) is 2. The first kappa shape index (κ1) is 12.4. The Balaban J connectivity index is 2.40. The highest BCUT2D eigenvalue weighted by Gasteiger charge is 2.01. The first-order chi connectivity index (χ1) is 7.76. The zero-order chi connectivity index (χ0) is 11.8. The summed E-state index contributed by atoms with van der Waals surface area (Å²) >= 11 is 0. The summed E-state index contributed by atoms with van der Waals surface area (Å²) in [4.78, 5) is 8.12. The van der Waals surface area contributed by atoms with Crippen molar-refractivity contribution in [3.05, 3.63) is 11.7 Å². The molecule has 0 aliphatic carbocycles. The van der Waals surface area contributed by atoms with Crippen LogP contribution in [0.25, 0.3) is 0 Å². The molecule has 0 unspecified atom stereocenters. The molecule has 1 aromatic heterocycles. The predicted molar refractivity (Wildman–Crippen MR) is 57.4 cm³/mol. The van der Waals surface area contributed by atoms with Crippen LogP contribution in [0.3, 0.4) is 0 Å². The van der Waals surface area contributed by atoms with E-state index in [1.165, 1.54) is 0 Å². The van der Waals surface area contributed by atoms with Crippen LogP contribution in [-0.4, -0.2) is 36.4 Å². The van der Waals surface area contributed by atoms with Gasteiger partial charge in [-0.2, -0.15) is 4.98 Å². The molecule has 16 heavy (non-hydrogen) atoms. The van der Waals surface area contributed by atoms with Gasteiger partial charge in [-0.25, -0.2) is 10.8 Å². The number of hydrogen-bond acceptors (Lipinski definition) is 6. The van der Waals surface area contributed by atoms with Crippen LogP contribution in [0.4, 0.5) is 0 Å². The number of rotatable bonds is 5. The fraction of sp³-hybridized carbons (Fsp3) is 0.625. The van der Waals surface area contributed by atoms with Gasteiger partial charge < -0.3 is 14.6 Å². The van der Waals surface area contributed by atoms with Crippen molar-refractivity contribution in [3.8, 4) is 0 Å². The second kappa shape index (κ2) is 6.75. The number of methoxy groups -OCH3 is 1. The van der Waals surface area contributed by atoms with Gasteiger partial charge in [0, 0.05) is 13.7 Å². The molecule has 0 aliphatic heterocycles. The van der Waals surface area contributed by atoms with Crippen LogP contribution in [-0.2, 0) is 11.3 Å². The van der Waals surface area contributed by atoms with E-state index in [0.717, 1.165) is 0 Å². The van der Waals surface area contributed by atoms with Crippen molar-refractivity contribution < 1.29 is 9.26 Å². The minimum absolute atomic E-state index is 0.278. The third kappa shape index (κ3) is 4.24. The minimum Gasteiger partial charge on any atom is -0.383 e. The number of aromatic nitrogens is 2. The molecule has 8 heteroatoms. The number of hydrogen-bond donors (Lipinski definition) is 3. The van der Waals surface area contributed by atoms with Gasteiger partial charge in [0.25, 0.3) is 0 Å². The molecule has 8 nitrogen and oxygen atoms in total. The summed E-state index contributed by atoms with van der Waals surface area (Å²) in [7, 11) is 1.62. The van der Waals surface area contributed by atoms with Crippen LogP contribution in [0.2, 0.25) is 0 Å². The van der Waals surface area contributed by atoms with Crippen molar-refractivity contribution in [2.45, 2.75) is 13.5 Å². The normalized spacial score (nSPS) is 11.6. The van der Waals surface area contributed by atoms with Crippen molar-refractivity contribution in [2.75, 3.05) is 20.3 Å². The van der Waals surface area contributed by atoms with Gasteiger partial charge in [0.2, 0.25) is 11.9 Å². The highest BCUT2D eigenvalue weighted by Crippen LogP contribution is 1.96. The van der Waals surface area contributed by atoms with E-state index < -0.39 is 0 Å². The average Bonchev–Trinajstić information content (AvgIpc) is 2.69. The van der Waals surface area contributed by atoms with E-state index in [2.05, 4.69) is 25.9 Å². The smallest absolute Gasteiger partial charge is 0.248 e. The zero-order valence-electron chi connectivity index (χ0n) is 9.36. The number of aryl methyl sites for hydroxylation is 1. The Morgan fingerprint density at radius 1 is 1.62 bits per heavy atom. The van der Waals surface area contributed by atoms with Crippen LogP contribution in [0.1, 0.15) is 11.7 Å². The van der Waals surface area contributed by atoms with Crippen LogP contribution < -0.4 is 16.6 Å². The average molecular weight is 228 g/mol. The third-order valence-electron chi connectivity index (χ3n) is 1.68. The largest absolute Gasteiger partial charge is 0.383 e. The Morgan fingerprint density at radius 3 is 3.00 bits per heavy atom. The highest BCUT2D eigenvalue weighted by molar-refractivity contribution is 5.79. The molecule has 4 N–H and O–H groups in total. The Labute approximate surface area is 93.2 Å².